The molecule has 65 heavy (non-hydrogen) atoms. The van der Waals surface area contributed by atoms with Crippen molar-refractivity contribution in [1.29, 1.82) is 0 Å². The van der Waals surface area contributed by atoms with Crippen molar-refractivity contribution >= 4 is 5.57 Å². The molecule has 1 aliphatic rings. The van der Waals surface area contributed by atoms with E-state index in [1.165, 1.54) is 33.4 Å². The summed E-state index contributed by atoms with van der Waals surface area (Å²) in [5.41, 5.74) is 17.1. The van der Waals surface area contributed by atoms with Gasteiger partial charge in [-0.1, -0.05) is 220 Å². The van der Waals surface area contributed by atoms with Crippen molar-refractivity contribution in [3.05, 3.63) is 235 Å². The van der Waals surface area contributed by atoms with Gasteiger partial charge in [0.1, 0.15) is 0 Å². The topological polar surface area (TPSA) is 51.6 Å². The quantitative estimate of drug-likeness (QED) is 0.123. The van der Waals surface area contributed by atoms with E-state index in [1.807, 2.05) is 24.3 Å². The van der Waals surface area contributed by atoms with Crippen LogP contribution in [0.3, 0.4) is 0 Å². The molecule has 10 rings (SSSR count). The number of benzene rings is 7. The zero-order valence-electron chi connectivity index (χ0n) is 36.9. The summed E-state index contributed by atoms with van der Waals surface area (Å²) >= 11 is 0. The van der Waals surface area contributed by atoms with E-state index in [4.69, 9.17) is 19.9 Å². The lowest BCUT2D eigenvalue weighted by molar-refractivity contribution is 0.478. The van der Waals surface area contributed by atoms with Crippen LogP contribution in [0.15, 0.2) is 218 Å². The Balaban J connectivity index is 0.963. The van der Waals surface area contributed by atoms with Gasteiger partial charge in [0.05, 0.1) is 22.8 Å². The Morgan fingerprint density at radius 2 is 0.692 bits per heavy atom. The van der Waals surface area contributed by atoms with E-state index in [0.717, 1.165) is 87.7 Å². The fourth-order valence-electron chi connectivity index (χ4n) is 9.19. The van der Waals surface area contributed by atoms with Gasteiger partial charge < -0.3 is 0 Å². The zero-order valence-corrected chi connectivity index (χ0v) is 36.9. The molecule has 9 aromatic rings. The Morgan fingerprint density at radius 3 is 1.06 bits per heavy atom. The Kier molecular flexibility index (Phi) is 11.7. The molecule has 0 saturated carbocycles. The van der Waals surface area contributed by atoms with Gasteiger partial charge in [0.15, 0.2) is 11.6 Å². The second-order valence-electron chi connectivity index (χ2n) is 16.8. The van der Waals surface area contributed by atoms with Crippen molar-refractivity contribution in [2.45, 2.75) is 44.9 Å². The Hall–Kier alpha value is -7.82. The number of hydrogen-bond acceptors (Lipinski definition) is 4. The first-order valence-corrected chi connectivity index (χ1v) is 22.8. The van der Waals surface area contributed by atoms with Crippen LogP contribution in [0.5, 0.6) is 0 Å². The van der Waals surface area contributed by atoms with Crippen LogP contribution in [-0.4, -0.2) is 19.9 Å². The molecule has 0 N–H and O–H groups in total. The maximum absolute atomic E-state index is 5.17. The molecule has 0 fully saturated rings. The molecule has 4 heteroatoms. The van der Waals surface area contributed by atoms with Crippen LogP contribution in [0.4, 0.5) is 0 Å². The third kappa shape index (κ3) is 8.64. The molecule has 0 aliphatic heterocycles. The molecule has 0 saturated heterocycles. The average Bonchev–Trinajstić information content (AvgIpc) is 3.40. The third-order valence-corrected chi connectivity index (χ3v) is 13.0. The molecule has 2 heterocycles. The van der Waals surface area contributed by atoms with Gasteiger partial charge in [-0.25, -0.2) is 19.9 Å². The van der Waals surface area contributed by atoms with Crippen molar-refractivity contribution in [2.75, 3.05) is 0 Å². The van der Waals surface area contributed by atoms with E-state index in [2.05, 4.69) is 208 Å². The number of allylic oxidation sites excluding steroid dienone is 4. The summed E-state index contributed by atoms with van der Waals surface area (Å²) in [6.45, 7) is 4.60. The maximum atomic E-state index is 5.17. The van der Waals surface area contributed by atoms with Crippen molar-refractivity contribution in [2.24, 2.45) is 0 Å². The number of nitrogens with zero attached hydrogens (tertiary/aromatic N) is 4. The Morgan fingerprint density at radius 1 is 0.354 bits per heavy atom. The minimum absolute atomic E-state index is 0.177. The van der Waals surface area contributed by atoms with Crippen LogP contribution in [0, 0.1) is 0 Å². The van der Waals surface area contributed by atoms with Gasteiger partial charge in [-0.15, -0.1) is 0 Å². The molecule has 0 amide bonds. The van der Waals surface area contributed by atoms with Crippen LogP contribution in [0.25, 0.3) is 84.2 Å². The van der Waals surface area contributed by atoms with E-state index >= 15 is 0 Å². The molecular formula is C61H50N4. The second kappa shape index (κ2) is 18.5. The lowest BCUT2D eigenvalue weighted by atomic mass is 9.70. The van der Waals surface area contributed by atoms with Gasteiger partial charge in [0.2, 0.25) is 0 Å². The summed E-state index contributed by atoms with van der Waals surface area (Å²) in [4.78, 5) is 20.5. The molecule has 0 radical (unpaired) electrons. The molecule has 4 nitrogen and oxygen atoms in total. The first-order chi connectivity index (χ1) is 32.1. The predicted octanol–water partition coefficient (Wildman–Crippen LogP) is 15.8. The van der Waals surface area contributed by atoms with Gasteiger partial charge in [0.25, 0.3) is 0 Å². The fourth-order valence-corrected chi connectivity index (χ4v) is 9.19. The zero-order chi connectivity index (χ0) is 44.0. The van der Waals surface area contributed by atoms with Gasteiger partial charge in [0, 0.05) is 38.8 Å². The number of rotatable bonds is 12. The number of aromatic nitrogens is 4. The highest BCUT2D eigenvalue weighted by atomic mass is 14.9. The standard InChI is InChI=1S/C61H50N4/c1-3-61(4-2,53-37-33-49(34-38-53)57-41-55(62-59(64-57)51-21-13-7-14-22-51)47-29-25-45(26-30-47)43-17-9-5-10-18-43)54-39-35-50(36-40-54)58-42-56(63-60(65-58)52-23-15-8-16-24-52)48-31-27-46(28-32-48)44-19-11-6-12-20-44/h5-7,9-15,17-42H,3-4,8,16H2,1-2H3. The lowest BCUT2D eigenvalue weighted by Crippen LogP contribution is -2.26. The average molecular weight is 839 g/mol. The maximum Gasteiger partial charge on any atom is 0.160 e. The minimum atomic E-state index is -0.177. The Labute approximate surface area is 382 Å². The van der Waals surface area contributed by atoms with E-state index in [-0.39, 0.29) is 5.41 Å². The largest absolute Gasteiger partial charge is 0.228 e. The van der Waals surface area contributed by atoms with Crippen molar-refractivity contribution in [3.8, 4) is 78.7 Å². The van der Waals surface area contributed by atoms with Crippen LogP contribution >= 0.6 is 0 Å². The molecule has 0 bridgehead atoms. The fraction of sp³-hybridized carbons (Fsp3) is 0.115. The highest BCUT2D eigenvalue weighted by Crippen LogP contribution is 2.41. The predicted molar refractivity (Wildman–Crippen MR) is 270 cm³/mol. The van der Waals surface area contributed by atoms with Crippen molar-refractivity contribution in [1.82, 2.24) is 19.9 Å². The molecule has 0 spiro atoms. The molecule has 1 aliphatic carbocycles. The van der Waals surface area contributed by atoms with Crippen LogP contribution in [0.2, 0.25) is 0 Å². The molecule has 2 aromatic heterocycles. The Bertz CT molecular complexity index is 3100. The SMILES string of the molecule is CCC(CC)(c1ccc(-c2cc(-c3ccc(-c4ccccc4)cc3)nc(C3=CCCC=C3)n2)cc1)c1ccc(-c2cc(-c3ccc(-c4ccccc4)cc3)nc(-c3ccccc3)n2)cc1. The van der Waals surface area contributed by atoms with E-state index in [0.29, 0.717) is 5.82 Å². The van der Waals surface area contributed by atoms with Gasteiger partial charge in [-0.05, 0) is 71.2 Å². The molecule has 314 valence electrons. The molecule has 0 unspecified atom stereocenters. The van der Waals surface area contributed by atoms with E-state index in [9.17, 15) is 0 Å². The summed E-state index contributed by atoms with van der Waals surface area (Å²) in [5.74, 6) is 1.47. The molecule has 0 atom stereocenters. The summed E-state index contributed by atoms with van der Waals surface area (Å²) in [5, 5.41) is 0. The van der Waals surface area contributed by atoms with Crippen LogP contribution < -0.4 is 0 Å². The monoisotopic (exact) mass is 838 g/mol. The van der Waals surface area contributed by atoms with Gasteiger partial charge >= 0.3 is 0 Å². The van der Waals surface area contributed by atoms with Crippen LogP contribution in [0.1, 0.15) is 56.5 Å². The van der Waals surface area contributed by atoms with Crippen molar-refractivity contribution in [3.63, 3.8) is 0 Å². The molecule has 7 aromatic carbocycles. The summed E-state index contributed by atoms with van der Waals surface area (Å²) in [6.07, 6.45) is 10.6. The summed E-state index contributed by atoms with van der Waals surface area (Å²) < 4.78 is 0. The first-order valence-electron chi connectivity index (χ1n) is 22.8. The van der Waals surface area contributed by atoms with Crippen molar-refractivity contribution < 1.29 is 0 Å². The second-order valence-corrected chi connectivity index (χ2v) is 16.8. The third-order valence-electron chi connectivity index (χ3n) is 13.0. The number of hydrogen-bond donors (Lipinski definition) is 0. The summed E-state index contributed by atoms with van der Waals surface area (Å²) in [6, 6.07) is 71.0. The molecular weight excluding hydrogens is 789 g/mol. The minimum Gasteiger partial charge on any atom is -0.228 e. The highest BCUT2D eigenvalue weighted by Gasteiger charge is 2.31. The van der Waals surface area contributed by atoms with E-state index < -0.39 is 0 Å². The van der Waals surface area contributed by atoms with E-state index in [1.54, 1.807) is 0 Å². The van der Waals surface area contributed by atoms with Crippen LogP contribution in [-0.2, 0) is 5.41 Å². The summed E-state index contributed by atoms with van der Waals surface area (Å²) in [7, 11) is 0. The highest BCUT2D eigenvalue weighted by molar-refractivity contribution is 5.78. The smallest absolute Gasteiger partial charge is 0.160 e. The first kappa shape index (κ1) is 41.2. The normalized spacial score (nSPS) is 12.5. The van der Waals surface area contributed by atoms with Gasteiger partial charge in [-0.3, -0.25) is 0 Å². The van der Waals surface area contributed by atoms with Gasteiger partial charge in [-0.2, -0.15) is 0 Å². The lowest BCUT2D eigenvalue weighted by Gasteiger charge is -2.33.